The molecule has 0 aliphatic rings. The fraction of sp³-hybridized carbons (Fsp3) is 0.100. The van der Waals surface area contributed by atoms with Gasteiger partial charge in [0.25, 0.3) is 5.56 Å². The first kappa shape index (κ1) is 17.4. The second kappa shape index (κ2) is 6.13. The van der Waals surface area contributed by atoms with Crippen molar-refractivity contribution in [2.24, 2.45) is 0 Å². The summed E-state index contributed by atoms with van der Waals surface area (Å²) in [7, 11) is 0. The van der Waals surface area contributed by atoms with E-state index in [0.29, 0.717) is 27.7 Å². The standard InChI is InChI=1S/C20H12F3N5O/c21-20(22,23)10-28-16-7-15(12-5-1-3-11-4-2-6-24-17(11)12)25-8-13(16)18-14(19(28)29)9-26-27-18/h1-9H,10H2,(H,26,27). The Morgan fingerprint density at radius 1 is 1.03 bits per heavy atom. The Balaban J connectivity index is 1.85. The van der Waals surface area contributed by atoms with E-state index in [-0.39, 0.29) is 10.9 Å². The zero-order valence-corrected chi connectivity index (χ0v) is 14.7. The second-order valence-corrected chi connectivity index (χ2v) is 6.63. The van der Waals surface area contributed by atoms with E-state index in [1.165, 1.54) is 18.5 Å². The Hall–Kier alpha value is -3.75. The molecule has 0 saturated heterocycles. The van der Waals surface area contributed by atoms with Crippen LogP contribution in [-0.2, 0) is 6.54 Å². The van der Waals surface area contributed by atoms with Gasteiger partial charge in [0.05, 0.1) is 33.8 Å². The highest BCUT2D eigenvalue weighted by Crippen LogP contribution is 2.30. The number of hydrogen-bond donors (Lipinski definition) is 1. The molecule has 1 aromatic carbocycles. The lowest BCUT2D eigenvalue weighted by Crippen LogP contribution is -2.28. The van der Waals surface area contributed by atoms with Gasteiger partial charge in [0, 0.05) is 28.7 Å². The van der Waals surface area contributed by atoms with Crippen molar-refractivity contribution in [1.29, 1.82) is 0 Å². The molecular formula is C20H12F3N5O. The molecule has 0 amide bonds. The maximum Gasteiger partial charge on any atom is 0.406 e. The van der Waals surface area contributed by atoms with Crippen LogP contribution in [0.3, 0.4) is 0 Å². The molecule has 0 saturated carbocycles. The highest BCUT2D eigenvalue weighted by molar-refractivity contribution is 6.04. The molecule has 0 aliphatic heterocycles. The van der Waals surface area contributed by atoms with Gasteiger partial charge in [0.15, 0.2) is 0 Å². The lowest BCUT2D eigenvalue weighted by Gasteiger charge is -2.14. The van der Waals surface area contributed by atoms with Crippen LogP contribution in [0.15, 0.2) is 59.8 Å². The summed E-state index contributed by atoms with van der Waals surface area (Å²) in [6, 6.07) is 10.7. The third-order valence-corrected chi connectivity index (χ3v) is 4.80. The maximum absolute atomic E-state index is 13.2. The first-order chi connectivity index (χ1) is 13.9. The summed E-state index contributed by atoms with van der Waals surface area (Å²) in [5.41, 5.74) is 1.50. The van der Waals surface area contributed by atoms with Crippen LogP contribution in [0.1, 0.15) is 0 Å². The van der Waals surface area contributed by atoms with E-state index in [9.17, 15) is 18.0 Å². The van der Waals surface area contributed by atoms with E-state index in [2.05, 4.69) is 20.2 Å². The van der Waals surface area contributed by atoms with Crippen LogP contribution in [0.5, 0.6) is 0 Å². The SMILES string of the molecule is O=c1c2cn[nH]c2c2cnc(-c3cccc4cccnc34)cc2n1CC(F)(F)F. The van der Waals surface area contributed by atoms with Gasteiger partial charge in [0.2, 0.25) is 0 Å². The van der Waals surface area contributed by atoms with Crippen LogP contribution in [0.25, 0.3) is 44.0 Å². The predicted octanol–water partition coefficient (Wildman–Crippen LogP) is 4.05. The molecule has 29 heavy (non-hydrogen) atoms. The van der Waals surface area contributed by atoms with Gasteiger partial charge in [0.1, 0.15) is 6.54 Å². The number of hydrogen-bond acceptors (Lipinski definition) is 4. The molecule has 6 nitrogen and oxygen atoms in total. The summed E-state index contributed by atoms with van der Waals surface area (Å²) in [6.07, 6.45) is -0.231. The summed E-state index contributed by atoms with van der Waals surface area (Å²) >= 11 is 0. The second-order valence-electron chi connectivity index (χ2n) is 6.63. The molecule has 144 valence electrons. The van der Waals surface area contributed by atoms with Gasteiger partial charge in [-0.15, -0.1) is 0 Å². The Labute approximate surface area is 160 Å². The molecule has 4 aromatic heterocycles. The van der Waals surface area contributed by atoms with Crippen molar-refractivity contribution < 1.29 is 13.2 Å². The number of halogens is 3. The normalized spacial score (nSPS) is 12.2. The highest BCUT2D eigenvalue weighted by Gasteiger charge is 2.30. The monoisotopic (exact) mass is 395 g/mol. The smallest absolute Gasteiger partial charge is 0.298 e. The average molecular weight is 395 g/mol. The van der Waals surface area contributed by atoms with E-state index < -0.39 is 18.3 Å². The molecule has 5 rings (SSSR count). The molecule has 0 fully saturated rings. The molecular weight excluding hydrogens is 383 g/mol. The largest absolute Gasteiger partial charge is 0.406 e. The van der Waals surface area contributed by atoms with Crippen molar-refractivity contribution >= 4 is 32.7 Å². The summed E-state index contributed by atoms with van der Waals surface area (Å²) < 4.78 is 40.3. The zero-order valence-electron chi connectivity index (χ0n) is 14.7. The average Bonchev–Trinajstić information content (AvgIpc) is 3.20. The minimum atomic E-state index is -4.56. The van der Waals surface area contributed by atoms with Crippen LogP contribution in [0, 0.1) is 0 Å². The van der Waals surface area contributed by atoms with Gasteiger partial charge >= 0.3 is 6.18 Å². The summed E-state index contributed by atoms with van der Waals surface area (Å²) in [5, 5.41) is 7.85. The maximum atomic E-state index is 13.2. The molecule has 5 aromatic rings. The van der Waals surface area contributed by atoms with Gasteiger partial charge in [-0.2, -0.15) is 18.3 Å². The number of aromatic amines is 1. The number of aromatic nitrogens is 5. The van der Waals surface area contributed by atoms with Crippen LogP contribution in [-0.4, -0.2) is 30.9 Å². The van der Waals surface area contributed by atoms with Crippen molar-refractivity contribution in [3.63, 3.8) is 0 Å². The Bertz CT molecular complexity index is 1450. The van der Waals surface area contributed by atoms with Gasteiger partial charge in [-0.1, -0.05) is 24.3 Å². The van der Waals surface area contributed by atoms with Crippen LogP contribution in [0.4, 0.5) is 13.2 Å². The van der Waals surface area contributed by atoms with E-state index >= 15 is 0 Å². The minimum absolute atomic E-state index is 0.0862. The van der Waals surface area contributed by atoms with Crippen LogP contribution >= 0.6 is 0 Å². The number of nitrogens with zero attached hydrogens (tertiary/aromatic N) is 4. The summed E-state index contributed by atoms with van der Waals surface area (Å²) in [4.78, 5) is 21.5. The molecule has 0 unspecified atom stereocenters. The van der Waals surface area contributed by atoms with Crippen LogP contribution in [0.2, 0.25) is 0 Å². The fourth-order valence-electron chi connectivity index (χ4n) is 3.56. The van der Waals surface area contributed by atoms with E-state index in [4.69, 9.17) is 0 Å². The predicted molar refractivity (Wildman–Crippen MR) is 102 cm³/mol. The molecule has 1 N–H and O–H groups in total. The first-order valence-corrected chi connectivity index (χ1v) is 8.69. The number of pyridine rings is 3. The van der Waals surface area contributed by atoms with Crippen molar-refractivity contribution in [3.05, 3.63) is 65.3 Å². The number of nitrogens with one attached hydrogen (secondary N) is 1. The van der Waals surface area contributed by atoms with E-state index in [0.717, 1.165) is 9.95 Å². The lowest BCUT2D eigenvalue weighted by atomic mass is 10.0. The van der Waals surface area contributed by atoms with Gasteiger partial charge in [-0.3, -0.25) is 24.4 Å². The van der Waals surface area contributed by atoms with Gasteiger partial charge in [-0.25, -0.2) is 0 Å². The number of para-hydroxylation sites is 1. The quantitative estimate of drug-likeness (QED) is 0.489. The van der Waals surface area contributed by atoms with E-state index in [1.54, 1.807) is 18.3 Å². The molecule has 0 aliphatic carbocycles. The number of fused-ring (bicyclic) bond motifs is 4. The van der Waals surface area contributed by atoms with Crippen molar-refractivity contribution in [2.75, 3.05) is 0 Å². The molecule has 4 heterocycles. The first-order valence-electron chi connectivity index (χ1n) is 8.69. The highest BCUT2D eigenvalue weighted by atomic mass is 19.4. The molecule has 9 heteroatoms. The Kier molecular flexibility index (Phi) is 3.67. The van der Waals surface area contributed by atoms with Gasteiger partial charge in [-0.05, 0) is 12.1 Å². The van der Waals surface area contributed by atoms with Crippen molar-refractivity contribution in [3.8, 4) is 11.3 Å². The number of benzene rings is 1. The minimum Gasteiger partial charge on any atom is -0.298 e. The Morgan fingerprint density at radius 2 is 1.86 bits per heavy atom. The molecule has 0 atom stereocenters. The topological polar surface area (TPSA) is 76.5 Å². The third kappa shape index (κ3) is 2.82. The number of alkyl halides is 3. The van der Waals surface area contributed by atoms with Gasteiger partial charge < -0.3 is 0 Å². The lowest BCUT2D eigenvalue weighted by molar-refractivity contribution is -0.140. The van der Waals surface area contributed by atoms with Crippen molar-refractivity contribution in [1.82, 2.24) is 24.7 Å². The number of H-pyrrole nitrogens is 1. The molecule has 0 bridgehead atoms. The summed E-state index contributed by atoms with van der Waals surface area (Å²) in [6.45, 7) is -1.40. The van der Waals surface area contributed by atoms with Crippen LogP contribution < -0.4 is 5.56 Å². The molecule has 0 radical (unpaired) electrons. The molecule has 0 spiro atoms. The summed E-state index contributed by atoms with van der Waals surface area (Å²) in [5.74, 6) is 0. The fourth-order valence-corrected chi connectivity index (χ4v) is 3.56. The number of rotatable bonds is 2. The third-order valence-electron chi connectivity index (χ3n) is 4.80. The zero-order chi connectivity index (χ0) is 20.2. The Morgan fingerprint density at radius 3 is 2.69 bits per heavy atom. The van der Waals surface area contributed by atoms with E-state index in [1.807, 2.05) is 18.2 Å². The van der Waals surface area contributed by atoms with Crippen molar-refractivity contribution in [2.45, 2.75) is 12.7 Å².